The van der Waals surface area contributed by atoms with Crippen molar-refractivity contribution in [3.8, 4) is 0 Å². The molecule has 0 saturated carbocycles. The van der Waals surface area contributed by atoms with Crippen LogP contribution in [0.15, 0.2) is 12.2 Å². The average Bonchev–Trinajstić information content (AvgIpc) is 2.18. The van der Waals surface area contributed by atoms with Crippen molar-refractivity contribution in [2.45, 2.75) is 26.4 Å². The van der Waals surface area contributed by atoms with Gasteiger partial charge in [-0.05, 0) is 26.8 Å². The fourth-order valence-corrected chi connectivity index (χ4v) is 0.943. The molecule has 0 atom stereocenters. The van der Waals surface area contributed by atoms with Crippen LogP contribution < -0.4 is 0 Å². The van der Waals surface area contributed by atoms with Crippen molar-refractivity contribution in [3.63, 3.8) is 0 Å². The van der Waals surface area contributed by atoms with Crippen molar-refractivity contribution < 1.29 is 24.2 Å². The Morgan fingerprint density at radius 1 is 1.20 bits per heavy atom. The Bertz CT molecular complexity index is 239. The molecule has 0 aliphatic heterocycles. The Kier molecular flexibility index (Phi) is 5.62. The third kappa shape index (κ3) is 3.36. The Morgan fingerprint density at radius 3 is 1.87 bits per heavy atom. The highest BCUT2D eigenvalue weighted by Crippen LogP contribution is 2.12. The molecule has 0 aromatic heterocycles. The second kappa shape index (κ2) is 6.19. The van der Waals surface area contributed by atoms with E-state index in [1.807, 2.05) is 0 Å². The van der Waals surface area contributed by atoms with Gasteiger partial charge in [-0.1, -0.05) is 6.08 Å². The van der Waals surface area contributed by atoms with E-state index in [1.54, 1.807) is 20.8 Å². The summed E-state index contributed by atoms with van der Waals surface area (Å²) in [4.78, 5) is 22.7. The molecule has 15 heavy (non-hydrogen) atoms. The van der Waals surface area contributed by atoms with E-state index in [-0.39, 0.29) is 13.2 Å². The quantitative estimate of drug-likeness (QED) is 0.409. The van der Waals surface area contributed by atoms with E-state index < -0.39 is 17.5 Å². The van der Waals surface area contributed by atoms with Gasteiger partial charge in [-0.25, -0.2) is 9.59 Å². The van der Waals surface area contributed by atoms with Crippen LogP contribution in [0.5, 0.6) is 0 Å². The van der Waals surface area contributed by atoms with Crippen LogP contribution >= 0.6 is 0 Å². The van der Waals surface area contributed by atoms with Crippen molar-refractivity contribution in [2.75, 3.05) is 13.2 Å². The third-order valence-corrected chi connectivity index (χ3v) is 1.58. The van der Waals surface area contributed by atoms with Gasteiger partial charge < -0.3 is 14.6 Å². The Balaban J connectivity index is 4.87. The van der Waals surface area contributed by atoms with Crippen molar-refractivity contribution >= 4 is 11.9 Å². The van der Waals surface area contributed by atoms with E-state index in [9.17, 15) is 14.7 Å². The Morgan fingerprint density at radius 2 is 1.60 bits per heavy atom. The van der Waals surface area contributed by atoms with Gasteiger partial charge in [0.15, 0.2) is 0 Å². The molecule has 0 aliphatic carbocycles. The lowest BCUT2D eigenvalue weighted by molar-refractivity contribution is -0.177. The van der Waals surface area contributed by atoms with Gasteiger partial charge in [0, 0.05) is 0 Å². The summed E-state index contributed by atoms with van der Waals surface area (Å²) in [6.45, 7) is 4.90. The highest BCUT2D eigenvalue weighted by Gasteiger charge is 2.44. The second-order valence-electron chi connectivity index (χ2n) is 2.71. The topological polar surface area (TPSA) is 72.8 Å². The first-order valence-corrected chi connectivity index (χ1v) is 4.73. The summed E-state index contributed by atoms with van der Waals surface area (Å²) in [5, 5.41) is 9.77. The lowest BCUT2D eigenvalue weighted by Gasteiger charge is -2.19. The summed E-state index contributed by atoms with van der Waals surface area (Å²) in [6.07, 6.45) is 2.43. The fourth-order valence-electron chi connectivity index (χ4n) is 0.943. The zero-order valence-electron chi connectivity index (χ0n) is 9.15. The summed E-state index contributed by atoms with van der Waals surface area (Å²) in [7, 11) is 0. The number of carbonyl (C=O) groups excluding carboxylic acids is 2. The zero-order valence-corrected chi connectivity index (χ0v) is 9.15. The maximum Gasteiger partial charge on any atom is 0.354 e. The normalized spacial score (nSPS) is 11.5. The SMILES string of the molecule is C/C=C\C(O)(C(=O)OCC)C(=O)OCC. The first-order chi connectivity index (χ1) is 7.02. The molecule has 0 heterocycles. The first kappa shape index (κ1) is 13.6. The van der Waals surface area contributed by atoms with Crippen molar-refractivity contribution in [3.05, 3.63) is 12.2 Å². The number of hydrogen-bond donors (Lipinski definition) is 1. The van der Waals surface area contributed by atoms with E-state index >= 15 is 0 Å². The number of ether oxygens (including phenoxy) is 2. The van der Waals surface area contributed by atoms with Crippen LogP contribution in [0.3, 0.4) is 0 Å². The van der Waals surface area contributed by atoms with Crippen LogP contribution in [0.25, 0.3) is 0 Å². The third-order valence-electron chi connectivity index (χ3n) is 1.58. The Labute approximate surface area is 88.7 Å². The molecular formula is C10H16O5. The summed E-state index contributed by atoms with van der Waals surface area (Å²) >= 11 is 0. The van der Waals surface area contributed by atoms with E-state index in [2.05, 4.69) is 9.47 Å². The van der Waals surface area contributed by atoms with E-state index in [0.717, 1.165) is 6.08 Å². The molecule has 86 valence electrons. The minimum atomic E-state index is -2.33. The van der Waals surface area contributed by atoms with Crippen LogP contribution in [0.1, 0.15) is 20.8 Å². The largest absolute Gasteiger partial charge is 0.463 e. The zero-order chi connectivity index (χ0) is 11.9. The number of esters is 2. The predicted molar refractivity (Wildman–Crippen MR) is 53.0 cm³/mol. The average molecular weight is 216 g/mol. The molecule has 0 fully saturated rings. The van der Waals surface area contributed by atoms with E-state index in [0.29, 0.717) is 0 Å². The molecule has 0 bridgehead atoms. The predicted octanol–water partition coefficient (Wildman–Crippen LogP) is 0.420. The van der Waals surface area contributed by atoms with Gasteiger partial charge in [0.2, 0.25) is 0 Å². The molecule has 0 rings (SSSR count). The molecule has 0 aromatic carbocycles. The smallest absolute Gasteiger partial charge is 0.354 e. The maximum atomic E-state index is 11.3. The number of carbonyl (C=O) groups is 2. The molecular weight excluding hydrogens is 200 g/mol. The van der Waals surface area contributed by atoms with Crippen LogP contribution in [-0.4, -0.2) is 35.9 Å². The van der Waals surface area contributed by atoms with E-state index in [4.69, 9.17) is 0 Å². The first-order valence-electron chi connectivity index (χ1n) is 4.73. The Hall–Kier alpha value is -1.36. The lowest BCUT2D eigenvalue weighted by Crippen LogP contribution is -2.47. The highest BCUT2D eigenvalue weighted by molar-refractivity contribution is 6.05. The summed E-state index contributed by atoms with van der Waals surface area (Å²) in [5.74, 6) is -2.05. The summed E-state index contributed by atoms with van der Waals surface area (Å²) in [6, 6.07) is 0. The number of aliphatic hydroxyl groups is 1. The van der Waals surface area contributed by atoms with Crippen LogP contribution in [0.4, 0.5) is 0 Å². The molecule has 0 saturated heterocycles. The van der Waals surface area contributed by atoms with Gasteiger partial charge in [0.05, 0.1) is 13.2 Å². The molecule has 0 aromatic rings. The highest BCUT2D eigenvalue weighted by atomic mass is 16.6. The summed E-state index contributed by atoms with van der Waals surface area (Å²) < 4.78 is 9.17. The monoisotopic (exact) mass is 216 g/mol. The standard InChI is InChI=1S/C10H16O5/c1-4-7-10(13,8(11)14-5-2)9(12)15-6-3/h4,7,13H,5-6H2,1-3H3/b7-4-. The number of allylic oxidation sites excluding steroid dienone is 1. The van der Waals surface area contributed by atoms with Crippen molar-refractivity contribution in [2.24, 2.45) is 0 Å². The van der Waals surface area contributed by atoms with Gasteiger partial charge in [0.1, 0.15) is 0 Å². The molecule has 0 radical (unpaired) electrons. The van der Waals surface area contributed by atoms with E-state index in [1.165, 1.54) is 6.08 Å². The molecule has 0 unspecified atom stereocenters. The van der Waals surface area contributed by atoms with Crippen molar-refractivity contribution in [1.82, 2.24) is 0 Å². The van der Waals surface area contributed by atoms with Crippen LogP contribution in [-0.2, 0) is 19.1 Å². The second-order valence-corrected chi connectivity index (χ2v) is 2.71. The van der Waals surface area contributed by atoms with Crippen molar-refractivity contribution in [1.29, 1.82) is 0 Å². The summed E-state index contributed by atoms with van der Waals surface area (Å²) in [5.41, 5.74) is -2.33. The molecule has 0 amide bonds. The molecule has 0 spiro atoms. The minimum Gasteiger partial charge on any atom is -0.463 e. The minimum absolute atomic E-state index is 0.0815. The van der Waals surface area contributed by atoms with Gasteiger partial charge in [0.25, 0.3) is 5.60 Å². The molecule has 5 nitrogen and oxygen atoms in total. The number of hydrogen-bond acceptors (Lipinski definition) is 5. The lowest BCUT2D eigenvalue weighted by atomic mass is 10.0. The van der Waals surface area contributed by atoms with Gasteiger partial charge in [-0.15, -0.1) is 0 Å². The molecule has 1 N–H and O–H groups in total. The number of rotatable bonds is 5. The fraction of sp³-hybridized carbons (Fsp3) is 0.600. The van der Waals surface area contributed by atoms with Crippen LogP contribution in [0.2, 0.25) is 0 Å². The maximum absolute atomic E-state index is 11.3. The van der Waals surface area contributed by atoms with Gasteiger partial charge in [-0.3, -0.25) is 0 Å². The van der Waals surface area contributed by atoms with Crippen LogP contribution in [0, 0.1) is 0 Å². The molecule has 0 aliphatic rings. The van der Waals surface area contributed by atoms with Gasteiger partial charge in [-0.2, -0.15) is 0 Å². The van der Waals surface area contributed by atoms with Gasteiger partial charge >= 0.3 is 11.9 Å². The molecule has 5 heteroatoms.